The number of fused-ring (bicyclic) bond motifs is 1. The summed E-state index contributed by atoms with van der Waals surface area (Å²) in [5.74, 6) is -0.198. The van der Waals surface area contributed by atoms with Gasteiger partial charge in [0, 0.05) is 62.3 Å². The summed E-state index contributed by atoms with van der Waals surface area (Å²) in [7, 11) is 1.75. The number of carbonyl (C=O) groups excluding carboxylic acids is 3. The maximum absolute atomic E-state index is 14.3. The van der Waals surface area contributed by atoms with Gasteiger partial charge in [-0.15, -0.1) is 0 Å². The van der Waals surface area contributed by atoms with Crippen molar-refractivity contribution in [3.05, 3.63) is 53.9 Å². The number of aromatic nitrogens is 1. The van der Waals surface area contributed by atoms with Crippen LogP contribution in [0.1, 0.15) is 92.9 Å². The molecule has 0 saturated heterocycles. The first-order chi connectivity index (χ1) is 22.2. The highest BCUT2D eigenvalue weighted by Gasteiger charge is 2.31. The number of ether oxygens (including phenoxy) is 2. The van der Waals surface area contributed by atoms with E-state index in [0.717, 1.165) is 44.9 Å². The Morgan fingerprint density at radius 1 is 1.07 bits per heavy atom. The predicted octanol–water partition coefficient (Wildman–Crippen LogP) is 5.10. The minimum Gasteiger partial charge on any atom is -0.490 e. The fraction of sp³-hybridized carbons (Fsp3) is 0.600. The fourth-order valence-corrected chi connectivity index (χ4v) is 6.13. The van der Waals surface area contributed by atoms with Crippen LogP contribution in [0.3, 0.4) is 0 Å². The van der Waals surface area contributed by atoms with Crippen molar-refractivity contribution in [2.24, 2.45) is 5.92 Å². The number of carbonyl (C=O) groups is 3. The number of likely N-dealkylation sites (N-methyl/N-ethyl adjacent to an activating group) is 1. The lowest BCUT2D eigenvalue weighted by atomic mass is 9.96. The molecule has 11 nitrogen and oxygen atoms in total. The third-order valence-electron chi connectivity index (χ3n) is 8.98. The van der Waals surface area contributed by atoms with Gasteiger partial charge < -0.3 is 35.0 Å². The highest BCUT2D eigenvalue weighted by Crippen LogP contribution is 2.29. The smallest absolute Gasteiger partial charge is 0.319 e. The predicted molar refractivity (Wildman–Crippen MR) is 177 cm³/mol. The summed E-state index contributed by atoms with van der Waals surface area (Å²) >= 11 is 0. The Hall–Kier alpha value is -3.70. The number of urea groups is 1. The van der Waals surface area contributed by atoms with Crippen LogP contribution >= 0.6 is 0 Å². The number of aliphatic hydroxyl groups excluding tert-OH is 1. The van der Waals surface area contributed by atoms with Crippen molar-refractivity contribution >= 4 is 23.5 Å². The first kappa shape index (κ1) is 35.2. The van der Waals surface area contributed by atoms with E-state index in [2.05, 4.69) is 15.6 Å². The molecule has 0 radical (unpaired) electrons. The number of aliphatic hydroxyl groups is 1. The number of nitrogens with zero attached hydrogens (tertiary/aromatic N) is 3. The maximum atomic E-state index is 14.3. The first-order valence-electron chi connectivity index (χ1n) is 16.7. The molecule has 4 atom stereocenters. The zero-order valence-electron chi connectivity index (χ0n) is 27.7. The number of anilines is 1. The second-order valence-electron chi connectivity index (χ2n) is 12.9. The van der Waals surface area contributed by atoms with Gasteiger partial charge in [-0.05, 0) is 76.3 Å². The number of amides is 4. The molecule has 0 unspecified atom stereocenters. The molecule has 3 N–H and O–H groups in total. The van der Waals surface area contributed by atoms with Crippen molar-refractivity contribution < 1.29 is 29.0 Å². The standard InChI is InChI=1S/C35H51N5O6/c1-24-21-40(25(2)23-41)34(43)30-20-29(38-35(44)37-28-11-6-5-7-12-28)13-14-31(30)46-26(3)10-8-9-19-45-32(24)22-39(4)33(42)27-15-17-36-18-16-27/h13-18,20,24-26,28,32,41H,5-12,19,21-23H2,1-4H3,(H2,37,38,44)/t24-,25+,26+,32-/m1/s1. The second-order valence-corrected chi connectivity index (χ2v) is 12.9. The quantitative estimate of drug-likeness (QED) is 0.385. The minimum absolute atomic E-state index is 0.137. The van der Waals surface area contributed by atoms with Crippen molar-refractivity contribution in [2.75, 3.05) is 38.7 Å². The second kappa shape index (κ2) is 17.3. The van der Waals surface area contributed by atoms with Crippen LogP contribution in [-0.2, 0) is 4.74 Å². The van der Waals surface area contributed by atoms with Crippen LogP contribution in [0.25, 0.3) is 0 Å². The molecule has 2 heterocycles. The molecule has 1 fully saturated rings. The highest BCUT2D eigenvalue weighted by molar-refractivity contribution is 5.99. The third kappa shape index (κ3) is 9.90. The summed E-state index contributed by atoms with van der Waals surface area (Å²) < 4.78 is 12.7. The molecule has 1 aliphatic heterocycles. The molecule has 1 saturated carbocycles. The number of benzene rings is 1. The summed E-state index contributed by atoms with van der Waals surface area (Å²) in [5, 5.41) is 16.2. The molecular weight excluding hydrogens is 586 g/mol. The number of rotatable bonds is 7. The molecule has 2 aromatic rings. The number of nitrogens with one attached hydrogen (secondary N) is 2. The van der Waals surface area contributed by atoms with E-state index >= 15 is 0 Å². The average Bonchev–Trinajstić information content (AvgIpc) is 3.06. The van der Waals surface area contributed by atoms with Gasteiger partial charge in [0.05, 0.1) is 30.4 Å². The van der Waals surface area contributed by atoms with Crippen molar-refractivity contribution in [2.45, 2.75) is 96.4 Å². The lowest BCUT2D eigenvalue weighted by Gasteiger charge is -2.36. The van der Waals surface area contributed by atoms with Gasteiger partial charge in [0.15, 0.2) is 0 Å². The van der Waals surface area contributed by atoms with Crippen molar-refractivity contribution in [3.63, 3.8) is 0 Å². The van der Waals surface area contributed by atoms with E-state index in [1.807, 2.05) is 13.8 Å². The van der Waals surface area contributed by atoms with E-state index in [9.17, 15) is 19.5 Å². The monoisotopic (exact) mass is 637 g/mol. The van der Waals surface area contributed by atoms with E-state index in [0.29, 0.717) is 35.7 Å². The molecule has 4 rings (SSSR count). The Morgan fingerprint density at radius 3 is 2.50 bits per heavy atom. The molecule has 1 aliphatic carbocycles. The van der Waals surface area contributed by atoms with Crippen LogP contribution in [-0.4, -0.2) is 95.4 Å². The van der Waals surface area contributed by atoms with Crippen LogP contribution in [0, 0.1) is 5.92 Å². The minimum atomic E-state index is -0.504. The lowest BCUT2D eigenvalue weighted by molar-refractivity contribution is -0.0149. The molecule has 0 bridgehead atoms. The molecule has 252 valence electrons. The van der Waals surface area contributed by atoms with E-state index < -0.39 is 6.04 Å². The topological polar surface area (TPSA) is 133 Å². The van der Waals surface area contributed by atoms with Gasteiger partial charge in [-0.3, -0.25) is 14.6 Å². The number of pyridine rings is 1. The fourth-order valence-electron chi connectivity index (χ4n) is 6.13. The van der Waals surface area contributed by atoms with E-state index in [4.69, 9.17) is 9.47 Å². The molecule has 4 amide bonds. The molecule has 2 aliphatic rings. The number of hydrogen-bond acceptors (Lipinski definition) is 7. The largest absolute Gasteiger partial charge is 0.490 e. The summed E-state index contributed by atoms with van der Waals surface area (Å²) in [5.41, 5.74) is 1.34. The molecule has 11 heteroatoms. The van der Waals surface area contributed by atoms with Crippen molar-refractivity contribution in [1.29, 1.82) is 0 Å². The van der Waals surface area contributed by atoms with Gasteiger partial charge in [-0.25, -0.2) is 4.79 Å². The molecule has 1 aromatic heterocycles. The molecular formula is C35H51N5O6. The number of hydrogen-bond donors (Lipinski definition) is 3. The van der Waals surface area contributed by atoms with Crippen LogP contribution in [0.15, 0.2) is 42.7 Å². The van der Waals surface area contributed by atoms with Gasteiger partial charge in [0.1, 0.15) is 5.75 Å². The van der Waals surface area contributed by atoms with Gasteiger partial charge in [0.25, 0.3) is 11.8 Å². The molecule has 46 heavy (non-hydrogen) atoms. The Morgan fingerprint density at radius 2 is 1.78 bits per heavy atom. The summed E-state index contributed by atoms with van der Waals surface area (Å²) in [6.45, 7) is 6.65. The van der Waals surface area contributed by atoms with Crippen LogP contribution in [0.5, 0.6) is 5.75 Å². The van der Waals surface area contributed by atoms with E-state index in [-0.39, 0.29) is 55.2 Å². The lowest BCUT2D eigenvalue weighted by Crippen LogP contribution is -2.48. The first-order valence-corrected chi connectivity index (χ1v) is 16.7. The summed E-state index contributed by atoms with van der Waals surface area (Å²) in [6, 6.07) is 7.87. The summed E-state index contributed by atoms with van der Waals surface area (Å²) in [4.78, 5) is 47.6. The van der Waals surface area contributed by atoms with Gasteiger partial charge in [-0.2, -0.15) is 0 Å². The van der Waals surface area contributed by atoms with E-state index in [1.54, 1.807) is 66.5 Å². The maximum Gasteiger partial charge on any atom is 0.319 e. The zero-order valence-corrected chi connectivity index (χ0v) is 27.7. The Kier molecular flexibility index (Phi) is 13.2. The third-order valence-corrected chi connectivity index (χ3v) is 8.98. The Bertz CT molecular complexity index is 1290. The van der Waals surface area contributed by atoms with Gasteiger partial charge >= 0.3 is 6.03 Å². The van der Waals surface area contributed by atoms with Crippen molar-refractivity contribution in [3.8, 4) is 5.75 Å². The van der Waals surface area contributed by atoms with Gasteiger partial charge in [0.2, 0.25) is 0 Å². The van der Waals surface area contributed by atoms with Crippen LogP contribution < -0.4 is 15.4 Å². The van der Waals surface area contributed by atoms with Gasteiger partial charge in [-0.1, -0.05) is 26.2 Å². The van der Waals surface area contributed by atoms with Crippen LogP contribution in [0.2, 0.25) is 0 Å². The zero-order chi connectivity index (χ0) is 33.1. The Balaban J connectivity index is 1.58. The molecule has 0 spiro atoms. The summed E-state index contributed by atoms with van der Waals surface area (Å²) in [6.07, 6.45) is 10.4. The average molecular weight is 638 g/mol. The highest BCUT2D eigenvalue weighted by atomic mass is 16.5. The SMILES string of the molecule is C[C@@H]1CN([C@@H](C)CO)C(=O)c2cc(NC(=O)NC3CCCCC3)ccc2O[C@@H](C)CCCCO[C@@H]1CN(C)C(=O)c1ccncc1. The van der Waals surface area contributed by atoms with Crippen LogP contribution in [0.4, 0.5) is 10.5 Å². The van der Waals surface area contributed by atoms with E-state index in [1.165, 1.54) is 6.42 Å². The Labute approximate surface area is 273 Å². The van der Waals surface area contributed by atoms with Crippen molar-refractivity contribution in [1.82, 2.24) is 20.1 Å². The normalized spacial score (nSPS) is 22.5. The molecule has 1 aromatic carbocycles.